The summed E-state index contributed by atoms with van der Waals surface area (Å²) in [6.45, 7) is 6.10. The molecule has 5 nitrogen and oxygen atoms in total. The summed E-state index contributed by atoms with van der Waals surface area (Å²) in [7, 11) is 0. The van der Waals surface area contributed by atoms with E-state index in [1.54, 1.807) is 36.5 Å². The summed E-state index contributed by atoms with van der Waals surface area (Å²) >= 11 is 6.08. The quantitative estimate of drug-likeness (QED) is 0.678. The maximum absolute atomic E-state index is 12.5. The molecule has 2 N–H and O–H groups in total. The zero-order valence-corrected chi connectivity index (χ0v) is 15.6. The van der Waals surface area contributed by atoms with Gasteiger partial charge in [-0.05, 0) is 50.1 Å². The van der Waals surface area contributed by atoms with Crippen molar-refractivity contribution >= 4 is 34.8 Å². The zero-order valence-electron chi connectivity index (χ0n) is 14.8. The molecule has 2 aromatic carbocycles. The molecule has 0 bridgehead atoms. The minimum atomic E-state index is -0.346. The molecular weight excluding hydrogens is 348 g/mol. The number of hydrogen-bond acceptors (Lipinski definition) is 4. The second-order valence-corrected chi connectivity index (χ2v) is 6.51. The Morgan fingerprint density at radius 2 is 1.73 bits per heavy atom. The molecule has 26 heavy (non-hydrogen) atoms. The van der Waals surface area contributed by atoms with Crippen LogP contribution in [0.4, 0.5) is 17.3 Å². The lowest BCUT2D eigenvalue weighted by atomic mass is 10.1. The van der Waals surface area contributed by atoms with Crippen molar-refractivity contribution in [2.45, 2.75) is 20.8 Å². The van der Waals surface area contributed by atoms with Crippen LogP contribution < -0.4 is 10.6 Å². The third kappa shape index (κ3) is 4.00. The molecule has 0 atom stereocenters. The Labute approximate surface area is 157 Å². The molecule has 6 heteroatoms. The van der Waals surface area contributed by atoms with Crippen molar-refractivity contribution in [2.75, 3.05) is 10.6 Å². The number of nitrogens with zero attached hydrogens (tertiary/aromatic N) is 2. The summed E-state index contributed by atoms with van der Waals surface area (Å²) in [5, 5.41) is 6.44. The van der Waals surface area contributed by atoms with E-state index < -0.39 is 0 Å². The lowest BCUT2D eigenvalue weighted by Crippen LogP contribution is -2.15. The largest absolute Gasteiger partial charge is 0.324 e. The molecule has 0 aliphatic rings. The first kappa shape index (κ1) is 17.9. The normalized spacial score (nSPS) is 10.5. The Morgan fingerprint density at radius 3 is 2.42 bits per heavy atom. The van der Waals surface area contributed by atoms with Gasteiger partial charge in [0.25, 0.3) is 5.91 Å². The van der Waals surface area contributed by atoms with Crippen LogP contribution in [0.2, 0.25) is 5.02 Å². The Bertz CT molecular complexity index is 949. The van der Waals surface area contributed by atoms with Gasteiger partial charge in [-0.15, -0.1) is 0 Å². The highest BCUT2D eigenvalue weighted by atomic mass is 35.5. The molecule has 0 spiro atoms. The average Bonchev–Trinajstić information content (AvgIpc) is 2.60. The molecule has 0 saturated heterocycles. The first-order valence-electron chi connectivity index (χ1n) is 8.18. The second kappa shape index (κ2) is 7.54. The van der Waals surface area contributed by atoms with Crippen LogP contribution in [0.15, 0.2) is 48.7 Å². The fourth-order valence-corrected chi connectivity index (χ4v) is 2.97. The van der Waals surface area contributed by atoms with Gasteiger partial charge in [0.2, 0.25) is 5.95 Å². The van der Waals surface area contributed by atoms with Crippen molar-refractivity contribution in [1.29, 1.82) is 0 Å². The van der Waals surface area contributed by atoms with Gasteiger partial charge in [0.05, 0.1) is 10.7 Å². The van der Waals surface area contributed by atoms with Crippen molar-refractivity contribution < 1.29 is 4.79 Å². The Hall–Kier alpha value is -2.92. The highest BCUT2D eigenvalue weighted by Crippen LogP contribution is 2.25. The van der Waals surface area contributed by atoms with Gasteiger partial charge in [0.1, 0.15) is 5.69 Å². The Morgan fingerprint density at radius 1 is 1.04 bits per heavy atom. The summed E-state index contributed by atoms with van der Waals surface area (Å²) in [4.78, 5) is 21.0. The van der Waals surface area contributed by atoms with Crippen molar-refractivity contribution in [3.8, 4) is 0 Å². The summed E-state index contributed by atoms with van der Waals surface area (Å²) in [5.41, 5.74) is 5.12. The average molecular weight is 367 g/mol. The smallest absolute Gasteiger partial charge is 0.274 e. The zero-order chi connectivity index (χ0) is 18.7. The van der Waals surface area contributed by atoms with Crippen molar-refractivity contribution in [1.82, 2.24) is 9.97 Å². The molecule has 3 aromatic rings. The van der Waals surface area contributed by atoms with E-state index in [0.29, 0.717) is 16.7 Å². The fourth-order valence-electron chi connectivity index (χ4n) is 2.78. The monoisotopic (exact) mass is 366 g/mol. The van der Waals surface area contributed by atoms with Crippen molar-refractivity contribution in [3.05, 3.63) is 76.1 Å². The Balaban J connectivity index is 1.83. The van der Waals surface area contributed by atoms with Crippen LogP contribution >= 0.6 is 11.6 Å². The predicted molar refractivity (Wildman–Crippen MR) is 105 cm³/mol. The number of aromatic nitrogens is 2. The van der Waals surface area contributed by atoms with Crippen LogP contribution in [0.25, 0.3) is 0 Å². The van der Waals surface area contributed by atoms with Gasteiger partial charge in [0.15, 0.2) is 0 Å². The topological polar surface area (TPSA) is 66.9 Å². The van der Waals surface area contributed by atoms with Gasteiger partial charge in [-0.2, -0.15) is 0 Å². The molecule has 0 aliphatic carbocycles. The molecule has 1 aromatic heterocycles. The number of anilines is 3. The maximum Gasteiger partial charge on any atom is 0.274 e. The summed E-state index contributed by atoms with van der Waals surface area (Å²) in [6, 6.07) is 12.8. The van der Waals surface area contributed by atoms with Crippen LogP contribution in [-0.2, 0) is 0 Å². The second-order valence-electron chi connectivity index (χ2n) is 6.10. The molecular formula is C20H19ClN4O. The van der Waals surface area contributed by atoms with Crippen LogP contribution in [-0.4, -0.2) is 15.9 Å². The number of para-hydroxylation sites is 1. The number of rotatable bonds is 4. The van der Waals surface area contributed by atoms with Crippen LogP contribution in [0.3, 0.4) is 0 Å². The first-order valence-corrected chi connectivity index (χ1v) is 8.55. The van der Waals surface area contributed by atoms with E-state index in [1.165, 1.54) is 5.56 Å². The standard InChI is InChI=1S/C20H19ClN4O/c1-12-10-13(2)18(14(3)11-12)25-20-22-9-8-17(24-20)19(26)23-16-7-5-4-6-15(16)21/h4-11H,1-3H3,(H,23,26)(H,22,24,25). The van der Waals surface area contributed by atoms with Crippen molar-refractivity contribution in [3.63, 3.8) is 0 Å². The minimum absolute atomic E-state index is 0.254. The number of aryl methyl sites for hydroxylation is 3. The molecule has 0 radical (unpaired) electrons. The van der Waals surface area contributed by atoms with Gasteiger partial charge < -0.3 is 10.6 Å². The highest BCUT2D eigenvalue weighted by molar-refractivity contribution is 6.33. The van der Waals surface area contributed by atoms with E-state index in [0.717, 1.165) is 16.8 Å². The number of benzene rings is 2. The highest BCUT2D eigenvalue weighted by Gasteiger charge is 2.12. The number of nitrogens with one attached hydrogen (secondary N) is 2. The number of carbonyl (C=O) groups is 1. The number of carbonyl (C=O) groups excluding carboxylic acids is 1. The summed E-state index contributed by atoms with van der Waals surface area (Å²) < 4.78 is 0. The molecule has 1 amide bonds. The van der Waals surface area contributed by atoms with E-state index >= 15 is 0 Å². The third-order valence-corrected chi connectivity index (χ3v) is 4.25. The van der Waals surface area contributed by atoms with E-state index in [-0.39, 0.29) is 11.6 Å². The van der Waals surface area contributed by atoms with Gasteiger partial charge in [-0.1, -0.05) is 41.4 Å². The van der Waals surface area contributed by atoms with Gasteiger partial charge in [0, 0.05) is 11.9 Å². The van der Waals surface area contributed by atoms with Gasteiger partial charge in [-0.3, -0.25) is 4.79 Å². The molecule has 1 heterocycles. The minimum Gasteiger partial charge on any atom is -0.324 e. The number of halogens is 1. The lowest BCUT2D eigenvalue weighted by Gasteiger charge is -2.13. The predicted octanol–water partition coefficient (Wildman–Crippen LogP) is 5.05. The first-order chi connectivity index (χ1) is 12.4. The van der Waals surface area contributed by atoms with E-state index in [4.69, 9.17) is 11.6 Å². The lowest BCUT2D eigenvalue weighted by molar-refractivity contribution is 0.102. The number of hydrogen-bond donors (Lipinski definition) is 2. The van der Waals surface area contributed by atoms with E-state index in [1.807, 2.05) is 13.8 Å². The van der Waals surface area contributed by atoms with E-state index in [2.05, 4.69) is 39.7 Å². The van der Waals surface area contributed by atoms with Crippen LogP contribution in [0.1, 0.15) is 27.2 Å². The Kier molecular flexibility index (Phi) is 5.19. The summed E-state index contributed by atoms with van der Waals surface area (Å²) in [5.74, 6) is 0.0211. The fraction of sp³-hybridized carbons (Fsp3) is 0.150. The van der Waals surface area contributed by atoms with Gasteiger partial charge in [-0.25, -0.2) is 9.97 Å². The third-order valence-electron chi connectivity index (χ3n) is 3.92. The SMILES string of the molecule is Cc1cc(C)c(Nc2nccc(C(=O)Nc3ccccc3Cl)n2)c(C)c1. The van der Waals surface area contributed by atoms with Crippen LogP contribution in [0.5, 0.6) is 0 Å². The van der Waals surface area contributed by atoms with Crippen molar-refractivity contribution in [2.24, 2.45) is 0 Å². The number of amides is 1. The molecule has 0 aliphatic heterocycles. The molecule has 0 fully saturated rings. The molecule has 0 unspecified atom stereocenters. The molecule has 132 valence electrons. The molecule has 3 rings (SSSR count). The van der Waals surface area contributed by atoms with E-state index in [9.17, 15) is 4.79 Å². The van der Waals surface area contributed by atoms with Gasteiger partial charge >= 0.3 is 0 Å². The maximum atomic E-state index is 12.5. The summed E-state index contributed by atoms with van der Waals surface area (Å²) in [6.07, 6.45) is 1.55. The molecule has 0 saturated carbocycles. The van der Waals surface area contributed by atoms with Crippen LogP contribution in [0, 0.1) is 20.8 Å².